The molecule has 0 aliphatic carbocycles. The second kappa shape index (κ2) is 6.02. The van der Waals surface area contributed by atoms with Gasteiger partial charge in [0.15, 0.2) is 11.6 Å². The molecule has 2 aromatic rings. The van der Waals surface area contributed by atoms with E-state index in [1.54, 1.807) is 12.3 Å². The van der Waals surface area contributed by atoms with Crippen molar-refractivity contribution in [3.05, 3.63) is 52.0 Å². The molecular weight excluding hydrogens is 311 g/mol. The van der Waals surface area contributed by atoms with Crippen molar-refractivity contribution < 1.29 is 9.13 Å². The van der Waals surface area contributed by atoms with Gasteiger partial charge in [-0.3, -0.25) is 0 Å². The zero-order valence-corrected chi connectivity index (χ0v) is 12.3. The van der Waals surface area contributed by atoms with Crippen molar-refractivity contribution in [2.45, 2.75) is 13.5 Å². The number of halogens is 2. The van der Waals surface area contributed by atoms with Gasteiger partial charge in [-0.05, 0) is 52.2 Å². The summed E-state index contributed by atoms with van der Waals surface area (Å²) in [5.41, 5.74) is 2.79. The summed E-state index contributed by atoms with van der Waals surface area (Å²) in [4.78, 5) is 4.20. The highest BCUT2D eigenvalue weighted by Gasteiger charge is 2.04. The molecule has 100 valence electrons. The average Bonchev–Trinajstić information content (AvgIpc) is 2.40. The van der Waals surface area contributed by atoms with Gasteiger partial charge in [-0.15, -0.1) is 0 Å². The number of benzene rings is 1. The van der Waals surface area contributed by atoms with Crippen molar-refractivity contribution in [3.8, 4) is 5.75 Å². The largest absolute Gasteiger partial charge is 0.494 e. The van der Waals surface area contributed by atoms with E-state index in [0.717, 1.165) is 21.4 Å². The molecule has 0 radical (unpaired) electrons. The molecule has 0 atom stereocenters. The number of anilines is 1. The second-order valence-corrected chi connectivity index (χ2v) is 4.91. The minimum Gasteiger partial charge on any atom is -0.494 e. The lowest BCUT2D eigenvalue weighted by Crippen LogP contribution is -2.01. The molecule has 3 nitrogen and oxygen atoms in total. The zero-order valence-electron chi connectivity index (χ0n) is 10.7. The number of hydrogen-bond acceptors (Lipinski definition) is 3. The van der Waals surface area contributed by atoms with Crippen LogP contribution in [0.2, 0.25) is 0 Å². The summed E-state index contributed by atoms with van der Waals surface area (Å²) in [6.45, 7) is 2.50. The highest BCUT2D eigenvalue weighted by Crippen LogP contribution is 2.20. The molecule has 0 aliphatic heterocycles. The second-order valence-electron chi connectivity index (χ2n) is 4.15. The third-order valence-electron chi connectivity index (χ3n) is 2.73. The van der Waals surface area contributed by atoms with Crippen LogP contribution in [0.15, 0.2) is 35.1 Å². The van der Waals surface area contributed by atoms with Gasteiger partial charge in [0, 0.05) is 6.54 Å². The quantitative estimate of drug-likeness (QED) is 0.866. The topological polar surface area (TPSA) is 34.1 Å². The first-order valence-corrected chi connectivity index (χ1v) is 6.58. The Balaban J connectivity index is 2.05. The average molecular weight is 325 g/mol. The number of methoxy groups -OCH3 is 1. The van der Waals surface area contributed by atoms with Crippen LogP contribution in [-0.4, -0.2) is 12.1 Å². The smallest absolute Gasteiger partial charge is 0.165 e. The van der Waals surface area contributed by atoms with Crippen molar-refractivity contribution >= 4 is 21.6 Å². The summed E-state index contributed by atoms with van der Waals surface area (Å²) in [5, 5.41) is 3.20. The molecule has 1 aromatic carbocycles. The summed E-state index contributed by atoms with van der Waals surface area (Å²) in [7, 11) is 1.45. The maximum absolute atomic E-state index is 13.5. The summed E-state index contributed by atoms with van der Waals surface area (Å²) in [6, 6.07) is 6.90. The lowest BCUT2D eigenvalue weighted by Gasteiger charge is -2.09. The lowest BCUT2D eigenvalue weighted by atomic mass is 10.2. The maximum Gasteiger partial charge on any atom is 0.165 e. The predicted octanol–water partition coefficient (Wildman–Crippen LogP) is 3.91. The van der Waals surface area contributed by atoms with Gasteiger partial charge in [-0.2, -0.15) is 0 Å². The molecule has 1 N–H and O–H groups in total. The third kappa shape index (κ3) is 3.44. The molecule has 0 saturated carbocycles. The number of nitrogens with one attached hydrogen (secondary N) is 1. The van der Waals surface area contributed by atoms with E-state index in [-0.39, 0.29) is 11.6 Å². The molecule has 0 bridgehead atoms. The number of pyridine rings is 1. The first kappa shape index (κ1) is 13.8. The minimum absolute atomic E-state index is 0.255. The Morgan fingerprint density at radius 1 is 1.37 bits per heavy atom. The van der Waals surface area contributed by atoms with Crippen molar-refractivity contribution in [2.24, 2.45) is 0 Å². The van der Waals surface area contributed by atoms with E-state index in [4.69, 9.17) is 4.74 Å². The van der Waals surface area contributed by atoms with Gasteiger partial charge in [-0.25, -0.2) is 9.37 Å². The Bertz CT molecular complexity index is 590. The van der Waals surface area contributed by atoms with Gasteiger partial charge in [0.2, 0.25) is 0 Å². The molecule has 0 amide bonds. The van der Waals surface area contributed by atoms with Gasteiger partial charge in [0.05, 0.1) is 19.0 Å². The Labute approximate surface area is 119 Å². The molecule has 0 saturated heterocycles. The molecule has 2 rings (SSSR count). The fourth-order valence-corrected chi connectivity index (χ4v) is 1.90. The SMILES string of the molecule is COc1ccc(CNc2cnc(Br)c(C)c2)cc1F. The molecule has 0 aliphatic rings. The number of hydrogen-bond donors (Lipinski definition) is 1. The highest BCUT2D eigenvalue weighted by atomic mass is 79.9. The van der Waals surface area contributed by atoms with Gasteiger partial charge in [0.25, 0.3) is 0 Å². The van der Waals surface area contributed by atoms with E-state index in [1.165, 1.54) is 13.2 Å². The maximum atomic E-state index is 13.5. The fourth-order valence-electron chi connectivity index (χ4n) is 1.68. The normalized spacial score (nSPS) is 10.3. The van der Waals surface area contributed by atoms with Crippen LogP contribution >= 0.6 is 15.9 Å². The van der Waals surface area contributed by atoms with Crippen LogP contribution in [-0.2, 0) is 6.54 Å². The molecule has 1 aromatic heterocycles. The van der Waals surface area contributed by atoms with Gasteiger partial charge >= 0.3 is 0 Å². The van der Waals surface area contributed by atoms with E-state index >= 15 is 0 Å². The van der Waals surface area contributed by atoms with Gasteiger partial charge < -0.3 is 10.1 Å². The predicted molar refractivity (Wildman–Crippen MR) is 77.0 cm³/mol. The Morgan fingerprint density at radius 2 is 2.16 bits per heavy atom. The monoisotopic (exact) mass is 324 g/mol. The van der Waals surface area contributed by atoms with E-state index in [1.807, 2.05) is 19.1 Å². The zero-order chi connectivity index (χ0) is 13.8. The molecule has 5 heteroatoms. The number of rotatable bonds is 4. The molecule has 0 fully saturated rings. The van der Waals surface area contributed by atoms with Crippen LogP contribution < -0.4 is 10.1 Å². The van der Waals surface area contributed by atoms with E-state index in [2.05, 4.69) is 26.2 Å². The van der Waals surface area contributed by atoms with Crippen LogP contribution in [0.5, 0.6) is 5.75 Å². The fraction of sp³-hybridized carbons (Fsp3) is 0.214. The first-order valence-electron chi connectivity index (χ1n) is 5.78. The third-order valence-corrected chi connectivity index (χ3v) is 3.56. The summed E-state index contributed by atoms with van der Waals surface area (Å²) in [5.74, 6) is -0.100. The number of ether oxygens (including phenoxy) is 1. The molecular formula is C14H14BrFN2O. The van der Waals surface area contributed by atoms with E-state index in [9.17, 15) is 4.39 Å². The van der Waals surface area contributed by atoms with Crippen LogP contribution in [0.4, 0.5) is 10.1 Å². The minimum atomic E-state index is -0.355. The van der Waals surface area contributed by atoms with Gasteiger partial charge in [0.1, 0.15) is 4.60 Å². The van der Waals surface area contributed by atoms with Crippen LogP contribution in [0, 0.1) is 12.7 Å². The molecule has 19 heavy (non-hydrogen) atoms. The van der Waals surface area contributed by atoms with Crippen molar-refractivity contribution in [2.75, 3.05) is 12.4 Å². The van der Waals surface area contributed by atoms with Crippen LogP contribution in [0.1, 0.15) is 11.1 Å². The number of nitrogens with zero attached hydrogens (tertiary/aromatic N) is 1. The Morgan fingerprint density at radius 3 is 2.79 bits per heavy atom. The Kier molecular flexibility index (Phi) is 4.37. The summed E-state index contributed by atoms with van der Waals surface area (Å²) >= 11 is 3.35. The lowest BCUT2D eigenvalue weighted by molar-refractivity contribution is 0.386. The van der Waals surface area contributed by atoms with Crippen molar-refractivity contribution in [1.29, 1.82) is 0 Å². The summed E-state index contributed by atoms with van der Waals surface area (Å²) < 4.78 is 19.2. The van der Waals surface area contributed by atoms with Crippen LogP contribution in [0.25, 0.3) is 0 Å². The standard InChI is InChI=1S/C14H14BrFN2O/c1-9-5-11(8-18-14(9)15)17-7-10-3-4-13(19-2)12(16)6-10/h3-6,8,17H,7H2,1-2H3. The first-order chi connectivity index (χ1) is 9.10. The number of aryl methyl sites for hydroxylation is 1. The van der Waals surface area contributed by atoms with Crippen LogP contribution in [0.3, 0.4) is 0 Å². The van der Waals surface area contributed by atoms with E-state index < -0.39 is 0 Å². The van der Waals surface area contributed by atoms with Crippen molar-refractivity contribution in [1.82, 2.24) is 4.98 Å². The molecule has 0 unspecified atom stereocenters. The highest BCUT2D eigenvalue weighted by molar-refractivity contribution is 9.10. The molecule has 0 spiro atoms. The van der Waals surface area contributed by atoms with Gasteiger partial charge in [-0.1, -0.05) is 6.07 Å². The van der Waals surface area contributed by atoms with E-state index in [0.29, 0.717) is 6.54 Å². The number of aromatic nitrogens is 1. The van der Waals surface area contributed by atoms with Crippen molar-refractivity contribution in [3.63, 3.8) is 0 Å². The molecule has 1 heterocycles. The Hall–Kier alpha value is -1.62. The summed E-state index contributed by atoms with van der Waals surface area (Å²) in [6.07, 6.45) is 1.73.